The number of aryl methyl sites for hydroxylation is 1. The molecule has 2 aromatic rings. The average molecular weight is 266 g/mol. The van der Waals surface area contributed by atoms with Gasteiger partial charge in [0.2, 0.25) is 0 Å². The van der Waals surface area contributed by atoms with E-state index in [9.17, 15) is 0 Å². The molecule has 0 amide bonds. The average Bonchev–Trinajstić information content (AvgIpc) is 2.76. The van der Waals surface area contributed by atoms with E-state index in [2.05, 4.69) is 19.6 Å². The molecule has 1 aromatic carbocycles. The molecule has 0 aliphatic heterocycles. The number of nitrogens with zero attached hydrogens (tertiary/aromatic N) is 3. The normalized spacial score (nSPS) is 10.4. The Bertz CT molecular complexity index is 542. The first-order chi connectivity index (χ1) is 8.58. The monoisotopic (exact) mass is 266 g/mol. The zero-order valence-electron chi connectivity index (χ0n) is 10.3. The first-order valence-corrected chi connectivity index (χ1v) is 5.94. The molecular weight excluding hydrogens is 251 g/mol. The van der Waals surface area contributed by atoms with Crippen molar-refractivity contribution < 1.29 is 9.26 Å². The van der Waals surface area contributed by atoms with Gasteiger partial charge in [0, 0.05) is 12.3 Å². The molecular formula is C11H15N4O2P. The summed E-state index contributed by atoms with van der Waals surface area (Å²) in [6.45, 7) is 2.25. The second-order valence-corrected chi connectivity index (χ2v) is 4.62. The Morgan fingerprint density at radius 2 is 2.28 bits per heavy atom. The fourth-order valence-corrected chi connectivity index (χ4v) is 1.89. The van der Waals surface area contributed by atoms with Crippen LogP contribution in [0.1, 0.15) is 11.3 Å². The number of hydrazine groups is 1. The molecule has 2 rings (SSSR count). The highest BCUT2D eigenvalue weighted by atomic mass is 31.0. The smallest absolute Gasteiger partial charge is 0.268 e. The van der Waals surface area contributed by atoms with Gasteiger partial charge in [-0.25, -0.2) is 5.84 Å². The molecule has 6 nitrogen and oxygen atoms in total. The third-order valence-corrected chi connectivity index (χ3v) is 2.78. The summed E-state index contributed by atoms with van der Waals surface area (Å²) in [5.41, 5.74) is 1.62. The van der Waals surface area contributed by atoms with Gasteiger partial charge in [-0.1, -0.05) is 6.07 Å². The Labute approximate surface area is 107 Å². The van der Waals surface area contributed by atoms with E-state index in [1.165, 1.54) is 5.01 Å². The molecule has 0 saturated heterocycles. The van der Waals surface area contributed by atoms with Gasteiger partial charge in [0.25, 0.3) is 5.88 Å². The highest BCUT2D eigenvalue weighted by Crippen LogP contribution is 2.20. The van der Waals surface area contributed by atoms with Gasteiger partial charge in [-0.05, 0) is 29.9 Å². The number of benzene rings is 1. The van der Waals surface area contributed by atoms with Crippen LogP contribution in [0.4, 0.5) is 5.88 Å². The lowest BCUT2D eigenvalue weighted by molar-refractivity contribution is 0.299. The topological polar surface area (TPSA) is 77.4 Å². The van der Waals surface area contributed by atoms with Crippen LogP contribution < -0.4 is 20.9 Å². The molecule has 0 aliphatic carbocycles. The van der Waals surface area contributed by atoms with Crippen molar-refractivity contribution in [3.05, 3.63) is 29.5 Å². The maximum absolute atomic E-state index is 5.67. The molecule has 18 heavy (non-hydrogen) atoms. The van der Waals surface area contributed by atoms with Gasteiger partial charge in [-0.15, -0.1) is 14.3 Å². The molecule has 0 spiro atoms. The van der Waals surface area contributed by atoms with Gasteiger partial charge in [0.05, 0.1) is 0 Å². The summed E-state index contributed by atoms with van der Waals surface area (Å²) < 4.78 is 10.6. The lowest BCUT2D eigenvalue weighted by Gasteiger charge is -2.10. The summed E-state index contributed by atoms with van der Waals surface area (Å²) >= 11 is 0. The van der Waals surface area contributed by atoms with Gasteiger partial charge in [-0.3, -0.25) is 5.01 Å². The summed E-state index contributed by atoms with van der Waals surface area (Å²) in [4.78, 5) is 0. The van der Waals surface area contributed by atoms with E-state index >= 15 is 0 Å². The van der Waals surface area contributed by atoms with Gasteiger partial charge < -0.3 is 9.26 Å². The second-order valence-electron chi connectivity index (χ2n) is 3.95. The van der Waals surface area contributed by atoms with Crippen molar-refractivity contribution in [2.45, 2.75) is 13.5 Å². The van der Waals surface area contributed by atoms with Crippen LogP contribution in [0.25, 0.3) is 0 Å². The van der Waals surface area contributed by atoms with E-state index in [0.717, 1.165) is 16.6 Å². The fourth-order valence-electron chi connectivity index (χ4n) is 1.54. The van der Waals surface area contributed by atoms with Crippen molar-refractivity contribution in [1.82, 2.24) is 10.4 Å². The molecule has 0 radical (unpaired) electrons. The minimum absolute atomic E-state index is 0.261. The molecule has 1 unspecified atom stereocenters. The number of hydrogen-bond acceptors (Lipinski definition) is 6. The first-order valence-electron chi connectivity index (χ1n) is 5.36. The van der Waals surface area contributed by atoms with Crippen LogP contribution in [0.15, 0.2) is 22.7 Å². The largest absolute Gasteiger partial charge is 0.487 e. The number of anilines is 1. The minimum atomic E-state index is 0.261. The highest BCUT2D eigenvalue weighted by Gasteiger charge is 2.13. The van der Waals surface area contributed by atoms with Crippen molar-refractivity contribution >= 4 is 20.4 Å². The van der Waals surface area contributed by atoms with Crippen molar-refractivity contribution in [3.8, 4) is 5.75 Å². The molecule has 0 aliphatic rings. The maximum atomic E-state index is 5.67. The van der Waals surface area contributed by atoms with Crippen molar-refractivity contribution in [3.63, 3.8) is 0 Å². The summed E-state index contributed by atoms with van der Waals surface area (Å²) in [6, 6.07) is 5.90. The maximum Gasteiger partial charge on any atom is 0.268 e. The molecule has 1 atom stereocenters. The van der Waals surface area contributed by atoms with E-state index in [-0.39, 0.29) is 6.61 Å². The first kappa shape index (κ1) is 12.8. The Balaban J connectivity index is 2.09. The van der Waals surface area contributed by atoms with Gasteiger partial charge >= 0.3 is 0 Å². The van der Waals surface area contributed by atoms with E-state index in [1.807, 2.05) is 25.1 Å². The predicted octanol–water partition coefficient (Wildman–Crippen LogP) is 0.767. The van der Waals surface area contributed by atoms with E-state index < -0.39 is 0 Å². The Morgan fingerprint density at radius 3 is 2.94 bits per heavy atom. The molecule has 96 valence electrons. The number of hydrogen-bond donors (Lipinski definition) is 1. The summed E-state index contributed by atoms with van der Waals surface area (Å²) in [6.07, 6.45) is 0. The molecule has 2 N–H and O–H groups in total. The van der Waals surface area contributed by atoms with E-state index in [0.29, 0.717) is 11.6 Å². The van der Waals surface area contributed by atoms with Crippen LogP contribution in [0.3, 0.4) is 0 Å². The Morgan fingerprint density at radius 1 is 1.50 bits per heavy atom. The summed E-state index contributed by atoms with van der Waals surface area (Å²) in [5.74, 6) is 6.78. The standard InChI is InChI=1S/C11H15N4O2P/c1-7-5-8(18)3-4-10(7)16-6-9-11(15(2)12)17-14-13-9/h3-5H,6,12,18H2,1-2H3. The quantitative estimate of drug-likeness (QED) is 0.500. The Kier molecular flexibility index (Phi) is 3.79. The molecule has 7 heteroatoms. The number of rotatable bonds is 4. The lowest BCUT2D eigenvalue weighted by atomic mass is 10.2. The fraction of sp³-hybridized carbons (Fsp3) is 0.273. The van der Waals surface area contributed by atoms with Crippen LogP contribution in [-0.2, 0) is 6.61 Å². The third-order valence-electron chi connectivity index (χ3n) is 2.42. The molecule has 0 fully saturated rings. The number of nitrogens with two attached hydrogens (primary N) is 1. The predicted molar refractivity (Wildman–Crippen MR) is 71.7 cm³/mol. The van der Waals surface area contributed by atoms with Crippen LogP contribution in [0.5, 0.6) is 5.75 Å². The Hall–Kier alpha value is -1.65. The molecule has 1 heterocycles. The second kappa shape index (κ2) is 5.33. The SMILES string of the molecule is Cc1cc(P)ccc1OCc1nnoc1N(C)N. The van der Waals surface area contributed by atoms with Crippen LogP contribution in [0.2, 0.25) is 0 Å². The van der Waals surface area contributed by atoms with Gasteiger partial charge in [0.1, 0.15) is 12.4 Å². The number of aromatic nitrogens is 2. The lowest BCUT2D eigenvalue weighted by Crippen LogP contribution is -2.25. The highest BCUT2D eigenvalue weighted by molar-refractivity contribution is 7.27. The van der Waals surface area contributed by atoms with Crippen molar-refractivity contribution in [2.75, 3.05) is 12.1 Å². The van der Waals surface area contributed by atoms with E-state index in [1.54, 1.807) is 7.05 Å². The zero-order chi connectivity index (χ0) is 13.1. The number of ether oxygens (including phenoxy) is 1. The zero-order valence-corrected chi connectivity index (χ0v) is 11.4. The van der Waals surface area contributed by atoms with Gasteiger partial charge in [-0.2, -0.15) is 0 Å². The van der Waals surface area contributed by atoms with E-state index in [4.69, 9.17) is 15.1 Å². The van der Waals surface area contributed by atoms with Crippen LogP contribution in [0, 0.1) is 6.92 Å². The van der Waals surface area contributed by atoms with Crippen molar-refractivity contribution in [1.29, 1.82) is 0 Å². The molecule has 1 aromatic heterocycles. The summed E-state index contributed by atoms with van der Waals surface area (Å²) in [5, 5.41) is 9.73. The van der Waals surface area contributed by atoms with Crippen LogP contribution >= 0.6 is 9.24 Å². The van der Waals surface area contributed by atoms with Crippen LogP contribution in [-0.4, -0.2) is 17.4 Å². The molecule has 0 saturated carbocycles. The van der Waals surface area contributed by atoms with Gasteiger partial charge in [0.15, 0.2) is 5.69 Å². The third kappa shape index (κ3) is 2.78. The molecule has 0 bridgehead atoms. The minimum Gasteiger partial charge on any atom is -0.487 e. The van der Waals surface area contributed by atoms with Crippen molar-refractivity contribution in [2.24, 2.45) is 5.84 Å². The summed E-state index contributed by atoms with van der Waals surface area (Å²) in [7, 11) is 4.30.